The van der Waals surface area contributed by atoms with Crippen LogP contribution in [0.5, 0.6) is 0 Å². The maximum atomic E-state index is 12.4. The van der Waals surface area contributed by atoms with Crippen molar-refractivity contribution < 1.29 is 14.6 Å². The zero-order chi connectivity index (χ0) is 16.7. The van der Waals surface area contributed by atoms with Crippen LogP contribution in [0.4, 0.5) is 0 Å². The summed E-state index contributed by atoms with van der Waals surface area (Å²) in [5.74, 6) is -0.460. The van der Waals surface area contributed by atoms with E-state index in [4.69, 9.17) is 16.3 Å². The number of aliphatic hydroxyl groups is 1. The number of benzene rings is 2. The van der Waals surface area contributed by atoms with Gasteiger partial charge in [0.05, 0.1) is 11.7 Å². The van der Waals surface area contributed by atoms with Crippen LogP contribution in [-0.2, 0) is 9.53 Å². The lowest BCUT2D eigenvalue weighted by atomic mass is 10.0. The van der Waals surface area contributed by atoms with Gasteiger partial charge in [-0.25, -0.2) is 4.79 Å². The van der Waals surface area contributed by atoms with Gasteiger partial charge in [0, 0.05) is 5.02 Å². The Hall–Kier alpha value is -2.10. The monoisotopic (exact) mass is 330 g/mol. The van der Waals surface area contributed by atoms with Crippen LogP contribution in [0.15, 0.2) is 54.6 Å². The molecule has 0 spiro atoms. The molecule has 0 heterocycles. The van der Waals surface area contributed by atoms with Crippen molar-refractivity contribution in [2.45, 2.75) is 19.4 Å². The number of esters is 1. The van der Waals surface area contributed by atoms with Crippen molar-refractivity contribution in [2.24, 2.45) is 0 Å². The second-order valence-corrected chi connectivity index (χ2v) is 5.57. The number of rotatable bonds is 6. The Morgan fingerprint density at radius 1 is 1.17 bits per heavy atom. The van der Waals surface area contributed by atoms with Gasteiger partial charge in [0.15, 0.2) is 0 Å². The Balaban J connectivity index is 2.28. The number of carbonyl (C=O) groups is 1. The van der Waals surface area contributed by atoms with Gasteiger partial charge in [-0.1, -0.05) is 61.0 Å². The van der Waals surface area contributed by atoms with E-state index in [1.165, 1.54) is 0 Å². The highest BCUT2D eigenvalue weighted by Gasteiger charge is 2.15. The molecule has 120 valence electrons. The summed E-state index contributed by atoms with van der Waals surface area (Å²) in [4.78, 5) is 12.4. The van der Waals surface area contributed by atoms with Gasteiger partial charge in [-0.3, -0.25) is 0 Å². The summed E-state index contributed by atoms with van der Waals surface area (Å²) in [6, 6.07) is 16.5. The smallest absolute Gasteiger partial charge is 0.338 e. The van der Waals surface area contributed by atoms with Crippen LogP contribution in [0, 0.1) is 0 Å². The van der Waals surface area contributed by atoms with E-state index in [1.807, 2.05) is 49.4 Å². The zero-order valence-corrected chi connectivity index (χ0v) is 13.7. The largest absolute Gasteiger partial charge is 0.459 e. The molecule has 0 aliphatic rings. The van der Waals surface area contributed by atoms with E-state index in [0.29, 0.717) is 17.0 Å². The zero-order valence-electron chi connectivity index (χ0n) is 12.9. The van der Waals surface area contributed by atoms with Crippen LogP contribution in [0.2, 0.25) is 5.02 Å². The molecule has 4 heteroatoms. The van der Waals surface area contributed by atoms with Crippen LogP contribution in [0.25, 0.3) is 11.6 Å². The Morgan fingerprint density at radius 3 is 2.43 bits per heavy atom. The summed E-state index contributed by atoms with van der Waals surface area (Å²) < 4.78 is 5.22. The van der Waals surface area contributed by atoms with Gasteiger partial charge >= 0.3 is 5.97 Å². The predicted octanol–water partition coefficient (Wildman–Crippen LogP) is 4.19. The predicted molar refractivity (Wildman–Crippen MR) is 93.0 cm³/mol. The molecule has 1 unspecified atom stereocenters. The van der Waals surface area contributed by atoms with Crippen LogP contribution >= 0.6 is 11.6 Å². The number of hydrogen-bond donors (Lipinski definition) is 1. The highest BCUT2D eigenvalue weighted by molar-refractivity contribution is 6.30. The molecule has 0 aliphatic heterocycles. The van der Waals surface area contributed by atoms with Gasteiger partial charge in [0.2, 0.25) is 0 Å². The van der Waals surface area contributed by atoms with Gasteiger partial charge in [-0.2, -0.15) is 0 Å². The minimum Gasteiger partial charge on any atom is -0.459 e. The number of hydrogen-bond acceptors (Lipinski definition) is 3. The molecule has 0 fully saturated rings. The van der Waals surface area contributed by atoms with Crippen molar-refractivity contribution in [3.05, 3.63) is 70.7 Å². The summed E-state index contributed by atoms with van der Waals surface area (Å²) in [5, 5.41) is 10.2. The molecule has 2 rings (SSSR count). The summed E-state index contributed by atoms with van der Waals surface area (Å²) in [5.41, 5.74) is 2.05. The molecule has 2 aromatic carbocycles. The number of ether oxygens (including phenoxy) is 1. The van der Waals surface area contributed by atoms with E-state index >= 15 is 0 Å². The molecule has 0 aromatic heterocycles. The topological polar surface area (TPSA) is 46.5 Å². The lowest BCUT2D eigenvalue weighted by Crippen LogP contribution is -2.18. The molecule has 0 aliphatic carbocycles. The summed E-state index contributed by atoms with van der Waals surface area (Å²) in [6.45, 7) is 1.82. The Kier molecular flexibility index (Phi) is 6.39. The van der Waals surface area contributed by atoms with E-state index in [0.717, 1.165) is 11.1 Å². The fourth-order valence-corrected chi connectivity index (χ4v) is 2.10. The second kappa shape index (κ2) is 8.51. The first kappa shape index (κ1) is 17.3. The van der Waals surface area contributed by atoms with Gasteiger partial charge in [0.1, 0.15) is 6.61 Å². The van der Waals surface area contributed by atoms with Crippen molar-refractivity contribution >= 4 is 29.2 Å². The van der Waals surface area contributed by atoms with E-state index in [2.05, 4.69) is 0 Å². The van der Waals surface area contributed by atoms with Crippen molar-refractivity contribution in [1.82, 2.24) is 0 Å². The standard InChI is InChI=1S/C19H19ClO3/c1-2-17(21)13-23-19(22)18(15-6-4-3-5-7-15)12-14-8-10-16(20)11-9-14/h3-12,17,21H,2,13H2,1H3/b18-12+. The third-order valence-electron chi connectivity index (χ3n) is 3.36. The second-order valence-electron chi connectivity index (χ2n) is 5.14. The number of aliphatic hydroxyl groups excluding tert-OH is 1. The maximum absolute atomic E-state index is 12.4. The average Bonchev–Trinajstić information content (AvgIpc) is 2.59. The highest BCUT2D eigenvalue weighted by Crippen LogP contribution is 2.21. The molecule has 0 radical (unpaired) electrons. The van der Waals surface area contributed by atoms with Gasteiger partial charge in [-0.05, 0) is 35.8 Å². The lowest BCUT2D eigenvalue weighted by molar-refractivity contribution is -0.139. The fraction of sp³-hybridized carbons (Fsp3) is 0.211. The molecule has 0 saturated carbocycles. The Bertz CT molecular complexity index is 663. The van der Waals surface area contributed by atoms with Crippen molar-refractivity contribution in [1.29, 1.82) is 0 Å². The maximum Gasteiger partial charge on any atom is 0.338 e. The third-order valence-corrected chi connectivity index (χ3v) is 3.62. The SMILES string of the molecule is CCC(O)COC(=O)/C(=C/c1ccc(Cl)cc1)c1ccccc1. The molecule has 0 bridgehead atoms. The summed E-state index contributed by atoms with van der Waals surface area (Å²) in [7, 11) is 0. The molecule has 1 N–H and O–H groups in total. The molecular formula is C19H19ClO3. The minimum absolute atomic E-state index is 0.0138. The van der Waals surface area contributed by atoms with Crippen molar-refractivity contribution in [3.63, 3.8) is 0 Å². The number of halogens is 1. The van der Waals surface area contributed by atoms with Crippen LogP contribution in [0.3, 0.4) is 0 Å². The molecular weight excluding hydrogens is 312 g/mol. The van der Waals surface area contributed by atoms with Crippen LogP contribution in [0.1, 0.15) is 24.5 Å². The first-order valence-electron chi connectivity index (χ1n) is 7.48. The fourth-order valence-electron chi connectivity index (χ4n) is 1.97. The quantitative estimate of drug-likeness (QED) is 0.490. The molecule has 23 heavy (non-hydrogen) atoms. The van der Waals surface area contributed by atoms with Gasteiger partial charge in [0.25, 0.3) is 0 Å². The first-order valence-corrected chi connectivity index (χ1v) is 7.86. The molecule has 2 aromatic rings. The summed E-state index contributed by atoms with van der Waals surface area (Å²) in [6.07, 6.45) is 1.65. The Labute approximate surface area is 141 Å². The first-order chi connectivity index (χ1) is 11.1. The Morgan fingerprint density at radius 2 is 1.83 bits per heavy atom. The minimum atomic E-state index is -0.647. The van der Waals surface area contributed by atoms with Crippen molar-refractivity contribution in [2.75, 3.05) is 6.61 Å². The van der Waals surface area contributed by atoms with Crippen LogP contribution < -0.4 is 0 Å². The summed E-state index contributed by atoms with van der Waals surface area (Å²) >= 11 is 5.89. The van der Waals surface area contributed by atoms with Gasteiger partial charge in [-0.15, -0.1) is 0 Å². The lowest BCUT2D eigenvalue weighted by Gasteiger charge is -2.11. The average molecular weight is 331 g/mol. The normalized spacial score (nSPS) is 12.7. The van der Waals surface area contributed by atoms with Crippen molar-refractivity contribution in [3.8, 4) is 0 Å². The molecule has 0 amide bonds. The van der Waals surface area contributed by atoms with E-state index in [9.17, 15) is 9.90 Å². The van der Waals surface area contributed by atoms with Gasteiger partial charge < -0.3 is 9.84 Å². The van der Waals surface area contributed by atoms with E-state index < -0.39 is 12.1 Å². The molecule has 1 atom stereocenters. The van der Waals surface area contributed by atoms with E-state index in [1.54, 1.807) is 18.2 Å². The van der Waals surface area contributed by atoms with E-state index in [-0.39, 0.29) is 6.61 Å². The molecule has 0 saturated heterocycles. The third kappa shape index (κ3) is 5.23. The molecule has 3 nitrogen and oxygen atoms in total. The highest BCUT2D eigenvalue weighted by atomic mass is 35.5. The number of carbonyl (C=O) groups excluding carboxylic acids is 1. The van der Waals surface area contributed by atoms with Crippen LogP contribution in [-0.4, -0.2) is 23.8 Å².